The predicted molar refractivity (Wildman–Crippen MR) is 78.3 cm³/mol. The number of carbonyl (C=O) groups is 1. The summed E-state index contributed by atoms with van der Waals surface area (Å²) in [6.45, 7) is 10.2. The SMILES string of the molecule is CCN1CCN(C(=O)c2cn3nc(C)nc3nc2C)CC1. The van der Waals surface area contributed by atoms with Crippen LogP contribution in [0.15, 0.2) is 6.20 Å². The minimum atomic E-state index is 0.0332. The van der Waals surface area contributed by atoms with Gasteiger partial charge < -0.3 is 9.80 Å². The molecule has 1 saturated heterocycles. The minimum Gasteiger partial charge on any atom is -0.336 e. The van der Waals surface area contributed by atoms with E-state index >= 15 is 0 Å². The van der Waals surface area contributed by atoms with Crippen molar-refractivity contribution in [2.24, 2.45) is 0 Å². The molecule has 1 aliphatic rings. The Kier molecular flexibility index (Phi) is 3.59. The summed E-state index contributed by atoms with van der Waals surface area (Å²) < 4.78 is 1.58. The van der Waals surface area contributed by atoms with Gasteiger partial charge in [-0.2, -0.15) is 10.1 Å². The third kappa shape index (κ3) is 2.61. The maximum atomic E-state index is 12.7. The van der Waals surface area contributed by atoms with E-state index in [1.54, 1.807) is 10.7 Å². The number of amides is 1. The molecule has 0 N–H and O–H groups in total. The smallest absolute Gasteiger partial charge is 0.257 e. The number of carbonyl (C=O) groups excluding carboxylic acids is 1. The van der Waals surface area contributed by atoms with Gasteiger partial charge in [0.05, 0.1) is 11.3 Å². The molecule has 7 nitrogen and oxygen atoms in total. The summed E-state index contributed by atoms with van der Waals surface area (Å²) in [5.74, 6) is 1.23. The van der Waals surface area contributed by atoms with Gasteiger partial charge in [-0.25, -0.2) is 9.50 Å². The molecular weight excluding hydrogens is 268 g/mol. The summed E-state index contributed by atoms with van der Waals surface area (Å²) in [6.07, 6.45) is 1.74. The zero-order chi connectivity index (χ0) is 15.0. The number of aromatic nitrogens is 4. The van der Waals surface area contributed by atoms with E-state index in [-0.39, 0.29) is 5.91 Å². The van der Waals surface area contributed by atoms with Gasteiger partial charge in [0.25, 0.3) is 11.7 Å². The first kappa shape index (κ1) is 13.9. The largest absolute Gasteiger partial charge is 0.336 e. The Hall–Kier alpha value is -2.02. The Morgan fingerprint density at radius 1 is 1.19 bits per heavy atom. The molecule has 0 spiro atoms. The molecule has 112 valence electrons. The van der Waals surface area contributed by atoms with E-state index in [1.165, 1.54) is 0 Å². The number of likely N-dealkylation sites (N-methyl/N-ethyl adjacent to an activating group) is 1. The number of hydrogen-bond donors (Lipinski definition) is 0. The van der Waals surface area contributed by atoms with Crippen LogP contribution in [-0.4, -0.2) is 68.0 Å². The lowest BCUT2D eigenvalue weighted by atomic mass is 10.2. The highest BCUT2D eigenvalue weighted by molar-refractivity contribution is 5.95. The summed E-state index contributed by atoms with van der Waals surface area (Å²) in [5.41, 5.74) is 1.31. The molecule has 3 rings (SSSR count). The van der Waals surface area contributed by atoms with Crippen LogP contribution in [-0.2, 0) is 0 Å². The van der Waals surface area contributed by atoms with Crippen LogP contribution in [0.2, 0.25) is 0 Å². The standard InChI is InChI=1S/C14H20N6O/c1-4-18-5-7-19(8-6-18)13(21)12-9-20-14(15-10(12)2)16-11(3)17-20/h9H,4-8H2,1-3H3. The van der Waals surface area contributed by atoms with Crippen LogP contribution in [0.4, 0.5) is 0 Å². The van der Waals surface area contributed by atoms with E-state index < -0.39 is 0 Å². The molecule has 1 amide bonds. The molecule has 21 heavy (non-hydrogen) atoms. The molecule has 3 heterocycles. The summed E-state index contributed by atoms with van der Waals surface area (Å²) in [6, 6.07) is 0. The lowest BCUT2D eigenvalue weighted by Crippen LogP contribution is -2.48. The van der Waals surface area contributed by atoms with Crippen molar-refractivity contribution in [3.05, 3.63) is 23.3 Å². The van der Waals surface area contributed by atoms with Crippen molar-refractivity contribution >= 4 is 11.7 Å². The second kappa shape index (κ2) is 5.40. The van der Waals surface area contributed by atoms with Crippen LogP contribution in [0.3, 0.4) is 0 Å². The molecule has 0 saturated carbocycles. The molecular formula is C14H20N6O. The van der Waals surface area contributed by atoms with Gasteiger partial charge in [0, 0.05) is 32.4 Å². The van der Waals surface area contributed by atoms with Crippen molar-refractivity contribution < 1.29 is 4.79 Å². The maximum Gasteiger partial charge on any atom is 0.257 e. The molecule has 1 fully saturated rings. The number of rotatable bonds is 2. The highest BCUT2D eigenvalue weighted by Gasteiger charge is 2.23. The Labute approximate surface area is 123 Å². The molecule has 0 aromatic carbocycles. The summed E-state index contributed by atoms with van der Waals surface area (Å²) in [5, 5.41) is 4.23. The highest BCUT2D eigenvalue weighted by atomic mass is 16.2. The van der Waals surface area contributed by atoms with Crippen LogP contribution < -0.4 is 0 Å². The zero-order valence-electron chi connectivity index (χ0n) is 12.7. The molecule has 1 aliphatic heterocycles. The molecule has 2 aromatic rings. The average Bonchev–Trinajstić information content (AvgIpc) is 2.85. The lowest BCUT2D eigenvalue weighted by molar-refractivity contribution is 0.0641. The third-order valence-electron chi connectivity index (χ3n) is 3.97. The molecule has 2 aromatic heterocycles. The van der Waals surface area contributed by atoms with E-state index in [9.17, 15) is 4.79 Å². The van der Waals surface area contributed by atoms with Gasteiger partial charge in [0.15, 0.2) is 0 Å². The summed E-state index contributed by atoms with van der Waals surface area (Å²) in [7, 11) is 0. The van der Waals surface area contributed by atoms with Crippen LogP contribution in [0.25, 0.3) is 5.78 Å². The van der Waals surface area contributed by atoms with Crippen LogP contribution in [0.1, 0.15) is 28.8 Å². The number of hydrogen-bond acceptors (Lipinski definition) is 5. The van der Waals surface area contributed by atoms with Crippen molar-refractivity contribution in [2.75, 3.05) is 32.7 Å². The summed E-state index contributed by atoms with van der Waals surface area (Å²) in [4.78, 5) is 25.5. The molecule has 0 radical (unpaired) electrons. The maximum absolute atomic E-state index is 12.7. The average molecular weight is 288 g/mol. The second-order valence-electron chi connectivity index (χ2n) is 5.37. The van der Waals surface area contributed by atoms with Gasteiger partial charge in [0.2, 0.25) is 0 Å². The molecule has 7 heteroatoms. The third-order valence-corrected chi connectivity index (χ3v) is 3.97. The lowest BCUT2D eigenvalue weighted by Gasteiger charge is -2.34. The number of aryl methyl sites for hydroxylation is 2. The van der Waals surface area contributed by atoms with Gasteiger partial charge in [-0.15, -0.1) is 0 Å². The van der Waals surface area contributed by atoms with Gasteiger partial charge in [-0.1, -0.05) is 6.92 Å². The minimum absolute atomic E-state index is 0.0332. The van der Waals surface area contributed by atoms with E-state index in [0.29, 0.717) is 22.9 Å². The van der Waals surface area contributed by atoms with Gasteiger partial charge in [0.1, 0.15) is 5.82 Å². The molecule has 0 atom stereocenters. The fraction of sp³-hybridized carbons (Fsp3) is 0.571. The Morgan fingerprint density at radius 2 is 1.90 bits per heavy atom. The first-order valence-corrected chi connectivity index (χ1v) is 7.30. The van der Waals surface area contributed by atoms with E-state index in [1.807, 2.05) is 18.7 Å². The first-order valence-electron chi connectivity index (χ1n) is 7.30. The second-order valence-corrected chi connectivity index (χ2v) is 5.37. The van der Waals surface area contributed by atoms with Crippen molar-refractivity contribution in [3.8, 4) is 0 Å². The fourth-order valence-electron chi connectivity index (χ4n) is 2.66. The Morgan fingerprint density at radius 3 is 2.57 bits per heavy atom. The van der Waals surface area contributed by atoms with E-state index in [0.717, 1.165) is 32.7 Å². The normalized spacial score (nSPS) is 16.6. The van der Waals surface area contributed by atoms with Crippen molar-refractivity contribution in [3.63, 3.8) is 0 Å². The number of fused-ring (bicyclic) bond motifs is 1. The topological polar surface area (TPSA) is 66.6 Å². The van der Waals surface area contributed by atoms with Gasteiger partial charge >= 0.3 is 0 Å². The van der Waals surface area contributed by atoms with Gasteiger partial charge in [-0.05, 0) is 20.4 Å². The molecule has 0 bridgehead atoms. The van der Waals surface area contributed by atoms with Crippen molar-refractivity contribution in [2.45, 2.75) is 20.8 Å². The Bertz CT molecular complexity index is 671. The van der Waals surface area contributed by atoms with Crippen LogP contribution >= 0.6 is 0 Å². The summed E-state index contributed by atoms with van der Waals surface area (Å²) >= 11 is 0. The van der Waals surface area contributed by atoms with Crippen LogP contribution in [0, 0.1) is 13.8 Å². The number of piperazine rings is 1. The van der Waals surface area contributed by atoms with Crippen molar-refractivity contribution in [1.29, 1.82) is 0 Å². The van der Waals surface area contributed by atoms with Gasteiger partial charge in [-0.3, -0.25) is 4.79 Å². The zero-order valence-corrected chi connectivity index (χ0v) is 12.7. The first-order chi connectivity index (χ1) is 10.1. The van der Waals surface area contributed by atoms with E-state index in [2.05, 4.69) is 26.9 Å². The quantitative estimate of drug-likeness (QED) is 0.806. The highest BCUT2D eigenvalue weighted by Crippen LogP contribution is 2.12. The monoisotopic (exact) mass is 288 g/mol. The van der Waals surface area contributed by atoms with Crippen LogP contribution in [0.5, 0.6) is 0 Å². The Balaban J connectivity index is 1.86. The predicted octanol–water partition coefficient (Wildman–Crippen LogP) is 0.519. The van der Waals surface area contributed by atoms with Crippen molar-refractivity contribution in [1.82, 2.24) is 29.4 Å². The molecule has 0 unspecified atom stereocenters. The molecule has 0 aliphatic carbocycles. The fourth-order valence-corrected chi connectivity index (χ4v) is 2.66. The van der Waals surface area contributed by atoms with E-state index in [4.69, 9.17) is 0 Å². The number of nitrogens with zero attached hydrogens (tertiary/aromatic N) is 6.